The van der Waals surface area contributed by atoms with Gasteiger partial charge in [0.2, 0.25) is 0 Å². The molecule has 0 amide bonds. The summed E-state index contributed by atoms with van der Waals surface area (Å²) in [6.45, 7) is 8.44. The van der Waals surface area contributed by atoms with E-state index in [1.807, 2.05) is 0 Å². The van der Waals surface area contributed by atoms with Crippen LogP contribution < -0.4 is 0 Å². The Morgan fingerprint density at radius 1 is 0.944 bits per heavy atom. The summed E-state index contributed by atoms with van der Waals surface area (Å²) >= 11 is 0. The van der Waals surface area contributed by atoms with Crippen LogP contribution >= 0.6 is 0 Å². The van der Waals surface area contributed by atoms with Crippen LogP contribution in [0.15, 0.2) is 18.2 Å². The molecule has 0 aromatic heterocycles. The molecule has 0 bridgehead atoms. The zero-order valence-electron chi connectivity index (χ0n) is 12.3. The van der Waals surface area contributed by atoms with Crippen molar-refractivity contribution in [3.8, 4) is 0 Å². The molecule has 1 aromatic rings. The number of rotatable bonds is 9. The van der Waals surface area contributed by atoms with E-state index in [1.54, 1.807) is 0 Å². The maximum absolute atomic E-state index is 3.96. The van der Waals surface area contributed by atoms with Crippen LogP contribution in [0.1, 0.15) is 68.6 Å². The lowest BCUT2D eigenvalue weighted by atomic mass is 9.99. The summed E-state index contributed by atoms with van der Waals surface area (Å²) in [6.07, 6.45) is 11.9. The lowest BCUT2D eigenvalue weighted by molar-refractivity contribution is 0.589. The van der Waals surface area contributed by atoms with Crippen LogP contribution in [0.3, 0.4) is 0 Å². The molecule has 0 aliphatic heterocycles. The van der Waals surface area contributed by atoms with Crippen molar-refractivity contribution in [3.63, 3.8) is 0 Å². The molecule has 0 nitrogen and oxygen atoms in total. The molecule has 1 rings (SSSR count). The van der Waals surface area contributed by atoms with Gasteiger partial charge in [-0.15, -0.1) is 0 Å². The van der Waals surface area contributed by atoms with Crippen LogP contribution in [-0.2, 0) is 12.8 Å². The molecule has 18 heavy (non-hydrogen) atoms. The normalized spacial score (nSPS) is 10.8. The molecule has 1 radical (unpaired) electrons. The largest absolute Gasteiger partial charge is 0.0654 e. The number of benzene rings is 1. The van der Waals surface area contributed by atoms with E-state index in [-0.39, 0.29) is 0 Å². The van der Waals surface area contributed by atoms with Crippen molar-refractivity contribution in [2.24, 2.45) is 0 Å². The average Bonchev–Trinajstić information content (AvgIpc) is 2.38. The molecule has 0 heterocycles. The zero-order chi connectivity index (χ0) is 13.2. The predicted octanol–water partition coefficient (Wildman–Crippen LogP) is 5.66. The summed E-state index contributed by atoms with van der Waals surface area (Å²) in [5.74, 6) is 0. The SMILES string of the molecule is [CH2]Cc1ccc(CCCCCCCCC)cc1C. The Morgan fingerprint density at radius 2 is 1.61 bits per heavy atom. The molecule has 0 saturated heterocycles. The first kappa shape index (κ1) is 15.3. The molecule has 0 spiro atoms. The van der Waals surface area contributed by atoms with Gasteiger partial charge >= 0.3 is 0 Å². The Balaban J connectivity index is 2.17. The minimum absolute atomic E-state index is 0.906. The van der Waals surface area contributed by atoms with Gasteiger partial charge in [0.05, 0.1) is 0 Å². The van der Waals surface area contributed by atoms with Gasteiger partial charge in [-0.05, 0) is 49.8 Å². The molecule has 0 heteroatoms. The lowest BCUT2D eigenvalue weighted by Gasteiger charge is -2.07. The van der Waals surface area contributed by atoms with Crippen molar-refractivity contribution in [2.45, 2.75) is 71.6 Å². The van der Waals surface area contributed by atoms with Crippen LogP contribution in [0, 0.1) is 13.8 Å². The average molecular weight is 245 g/mol. The fourth-order valence-electron chi connectivity index (χ4n) is 2.48. The van der Waals surface area contributed by atoms with Gasteiger partial charge < -0.3 is 0 Å². The van der Waals surface area contributed by atoms with Crippen LogP contribution in [0.25, 0.3) is 0 Å². The summed E-state index contributed by atoms with van der Waals surface area (Å²) in [5, 5.41) is 0. The molecule has 101 valence electrons. The quantitative estimate of drug-likeness (QED) is 0.492. The van der Waals surface area contributed by atoms with E-state index in [1.165, 1.54) is 68.1 Å². The third-order valence-corrected chi connectivity index (χ3v) is 3.75. The zero-order valence-corrected chi connectivity index (χ0v) is 12.3. The van der Waals surface area contributed by atoms with Crippen molar-refractivity contribution in [3.05, 3.63) is 41.8 Å². The maximum atomic E-state index is 3.96. The second-order valence-electron chi connectivity index (χ2n) is 5.38. The van der Waals surface area contributed by atoms with Gasteiger partial charge in [0.1, 0.15) is 0 Å². The van der Waals surface area contributed by atoms with Crippen LogP contribution in [0.2, 0.25) is 0 Å². The molecular weight excluding hydrogens is 216 g/mol. The fraction of sp³-hybridized carbons (Fsp3) is 0.611. The molecule has 0 N–H and O–H groups in total. The second kappa shape index (κ2) is 9.19. The van der Waals surface area contributed by atoms with E-state index in [0.717, 1.165) is 6.42 Å². The van der Waals surface area contributed by atoms with Gasteiger partial charge in [0.25, 0.3) is 0 Å². The molecule has 0 aliphatic rings. The molecule has 0 aliphatic carbocycles. The predicted molar refractivity (Wildman–Crippen MR) is 81.9 cm³/mol. The Kier molecular flexibility index (Phi) is 7.80. The number of hydrogen-bond donors (Lipinski definition) is 0. The van der Waals surface area contributed by atoms with Crippen molar-refractivity contribution in [1.29, 1.82) is 0 Å². The minimum atomic E-state index is 0.906. The summed E-state index contributed by atoms with van der Waals surface area (Å²) in [4.78, 5) is 0. The molecule has 1 aromatic carbocycles. The van der Waals surface area contributed by atoms with E-state index in [0.29, 0.717) is 0 Å². The fourth-order valence-corrected chi connectivity index (χ4v) is 2.48. The summed E-state index contributed by atoms with van der Waals surface area (Å²) in [6, 6.07) is 6.88. The molecule has 0 saturated carbocycles. The molecule has 0 unspecified atom stereocenters. The van der Waals surface area contributed by atoms with Crippen molar-refractivity contribution in [2.75, 3.05) is 0 Å². The molecule has 0 fully saturated rings. The Morgan fingerprint density at radius 3 is 2.22 bits per heavy atom. The van der Waals surface area contributed by atoms with Crippen molar-refractivity contribution < 1.29 is 0 Å². The summed E-state index contributed by atoms with van der Waals surface area (Å²) < 4.78 is 0. The van der Waals surface area contributed by atoms with Crippen LogP contribution in [0.4, 0.5) is 0 Å². The first-order chi connectivity index (χ1) is 8.77. The highest BCUT2D eigenvalue weighted by Crippen LogP contribution is 2.15. The highest BCUT2D eigenvalue weighted by molar-refractivity contribution is 5.31. The van der Waals surface area contributed by atoms with Gasteiger partial charge in [0, 0.05) is 0 Å². The van der Waals surface area contributed by atoms with Gasteiger partial charge in [-0.3, -0.25) is 0 Å². The third kappa shape index (κ3) is 5.71. The van der Waals surface area contributed by atoms with Crippen molar-refractivity contribution >= 4 is 0 Å². The highest BCUT2D eigenvalue weighted by Gasteiger charge is 1.99. The second-order valence-corrected chi connectivity index (χ2v) is 5.38. The van der Waals surface area contributed by atoms with Crippen LogP contribution in [-0.4, -0.2) is 0 Å². The van der Waals surface area contributed by atoms with Gasteiger partial charge in [-0.1, -0.05) is 63.6 Å². The topological polar surface area (TPSA) is 0 Å². The summed E-state index contributed by atoms with van der Waals surface area (Å²) in [7, 11) is 0. The first-order valence-corrected chi connectivity index (χ1v) is 7.65. The van der Waals surface area contributed by atoms with E-state index in [9.17, 15) is 0 Å². The van der Waals surface area contributed by atoms with Crippen molar-refractivity contribution in [1.82, 2.24) is 0 Å². The van der Waals surface area contributed by atoms with E-state index >= 15 is 0 Å². The van der Waals surface area contributed by atoms with E-state index in [2.05, 4.69) is 39.0 Å². The molecule has 0 atom stereocenters. The number of unbranched alkanes of at least 4 members (excludes halogenated alkanes) is 6. The van der Waals surface area contributed by atoms with Gasteiger partial charge in [-0.25, -0.2) is 0 Å². The number of aryl methyl sites for hydroxylation is 2. The maximum Gasteiger partial charge on any atom is -0.0276 e. The third-order valence-electron chi connectivity index (χ3n) is 3.75. The Hall–Kier alpha value is -0.780. The number of hydrogen-bond acceptors (Lipinski definition) is 0. The first-order valence-electron chi connectivity index (χ1n) is 7.65. The Bertz CT molecular complexity index is 325. The van der Waals surface area contributed by atoms with Crippen LogP contribution in [0.5, 0.6) is 0 Å². The lowest BCUT2D eigenvalue weighted by Crippen LogP contribution is -1.91. The molecular formula is C18H29. The van der Waals surface area contributed by atoms with Gasteiger partial charge in [0.15, 0.2) is 0 Å². The Labute approximate surface area is 114 Å². The van der Waals surface area contributed by atoms with E-state index < -0.39 is 0 Å². The summed E-state index contributed by atoms with van der Waals surface area (Å²) in [5.41, 5.74) is 4.29. The monoisotopic (exact) mass is 245 g/mol. The smallest absolute Gasteiger partial charge is 0.0276 e. The van der Waals surface area contributed by atoms with E-state index in [4.69, 9.17) is 0 Å². The highest BCUT2D eigenvalue weighted by atomic mass is 14.0. The minimum Gasteiger partial charge on any atom is -0.0654 e. The van der Waals surface area contributed by atoms with Gasteiger partial charge in [-0.2, -0.15) is 0 Å². The standard InChI is InChI=1S/C18H29/c1-4-6-7-8-9-10-11-12-17-13-14-18(5-2)16(3)15-17/h13-15H,2,4-12H2,1,3H3.